The normalized spacial score (nSPS) is 10.6. The molecular formula is C13H17N3. The summed E-state index contributed by atoms with van der Waals surface area (Å²) in [5.74, 6) is 0. The molecule has 0 aliphatic carbocycles. The van der Waals surface area contributed by atoms with E-state index in [0.717, 1.165) is 13.1 Å². The molecule has 0 bridgehead atoms. The Balaban J connectivity index is 1.89. The molecule has 0 spiro atoms. The van der Waals surface area contributed by atoms with Gasteiger partial charge in [0.25, 0.3) is 0 Å². The molecule has 0 radical (unpaired) electrons. The van der Waals surface area contributed by atoms with Gasteiger partial charge in [-0.2, -0.15) is 5.10 Å². The van der Waals surface area contributed by atoms with Crippen molar-refractivity contribution in [3.8, 4) is 0 Å². The van der Waals surface area contributed by atoms with Gasteiger partial charge in [-0.3, -0.25) is 4.68 Å². The van der Waals surface area contributed by atoms with Gasteiger partial charge in [0.1, 0.15) is 0 Å². The lowest BCUT2D eigenvalue weighted by Crippen LogP contribution is -2.15. The summed E-state index contributed by atoms with van der Waals surface area (Å²) in [5.41, 5.74) is 3.79. The van der Waals surface area contributed by atoms with E-state index >= 15 is 0 Å². The van der Waals surface area contributed by atoms with Crippen LogP contribution in [0.5, 0.6) is 0 Å². The molecule has 0 aliphatic heterocycles. The zero-order valence-corrected chi connectivity index (χ0v) is 9.77. The molecule has 1 aromatic carbocycles. The Kier molecular flexibility index (Phi) is 3.37. The number of nitrogens with zero attached hydrogens (tertiary/aromatic N) is 2. The first kappa shape index (κ1) is 10.9. The van der Waals surface area contributed by atoms with E-state index in [1.807, 2.05) is 24.0 Å². The molecule has 0 atom stereocenters. The van der Waals surface area contributed by atoms with E-state index in [-0.39, 0.29) is 0 Å². The van der Waals surface area contributed by atoms with Gasteiger partial charge in [0.05, 0.1) is 11.9 Å². The van der Waals surface area contributed by atoms with Gasteiger partial charge in [-0.05, 0) is 18.1 Å². The highest BCUT2D eigenvalue weighted by atomic mass is 15.3. The summed E-state index contributed by atoms with van der Waals surface area (Å²) < 4.78 is 1.92. The smallest absolute Gasteiger partial charge is 0.0547 e. The maximum Gasteiger partial charge on any atom is 0.0547 e. The van der Waals surface area contributed by atoms with Crippen molar-refractivity contribution in [3.05, 3.63) is 53.3 Å². The average molecular weight is 215 g/mol. The van der Waals surface area contributed by atoms with Crippen LogP contribution in [0, 0.1) is 6.92 Å². The topological polar surface area (TPSA) is 29.9 Å². The van der Waals surface area contributed by atoms with Crippen LogP contribution in [0.2, 0.25) is 0 Å². The second-order valence-electron chi connectivity index (χ2n) is 3.99. The summed E-state index contributed by atoms with van der Waals surface area (Å²) in [6.07, 6.45) is 1.90. The van der Waals surface area contributed by atoms with Crippen LogP contribution >= 0.6 is 0 Å². The van der Waals surface area contributed by atoms with Gasteiger partial charge in [-0.15, -0.1) is 0 Å². The summed E-state index contributed by atoms with van der Waals surface area (Å²) in [7, 11) is 1.98. The second kappa shape index (κ2) is 4.94. The van der Waals surface area contributed by atoms with Crippen molar-refractivity contribution < 1.29 is 0 Å². The monoisotopic (exact) mass is 215 g/mol. The number of aryl methyl sites for hydroxylation is 2. The molecule has 0 aliphatic rings. The molecule has 0 saturated heterocycles. The highest BCUT2D eigenvalue weighted by Crippen LogP contribution is 2.05. The number of hydrogen-bond donors (Lipinski definition) is 1. The first-order valence-corrected chi connectivity index (χ1v) is 5.49. The maximum absolute atomic E-state index is 4.22. The van der Waals surface area contributed by atoms with Crippen LogP contribution in [-0.2, 0) is 20.1 Å². The molecule has 3 nitrogen and oxygen atoms in total. The molecule has 0 fully saturated rings. The molecule has 3 heteroatoms. The fourth-order valence-corrected chi connectivity index (χ4v) is 1.75. The van der Waals surface area contributed by atoms with Gasteiger partial charge in [0.15, 0.2) is 0 Å². The molecule has 0 saturated carbocycles. The first-order chi connectivity index (χ1) is 7.77. The van der Waals surface area contributed by atoms with Crippen LogP contribution in [-0.4, -0.2) is 9.78 Å². The van der Waals surface area contributed by atoms with E-state index in [4.69, 9.17) is 0 Å². The fourth-order valence-electron chi connectivity index (χ4n) is 1.75. The molecule has 1 heterocycles. The largest absolute Gasteiger partial charge is 0.307 e. The van der Waals surface area contributed by atoms with Gasteiger partial charge >= 0.3 is 0 Å². The summed E-state index contributed by atoms with van der Waals surface area (Å²) >= 11 is 0. The van der Waals surface area contributed by atoms with Crippen LogP contribution in [0.25, 0.3) is 0 Å². The lowest BCUT2D eigenvalue weighted by atomic mass is 10.2. The Labute approximate surface area is 96.1 Å². The first-order valence-electron chi connectivity index (χ1n) is 5.49. The third-order valence-electron chi connectivity index (χ3n) is 2.73. The SMILES string of the molecule is Cc1cnn(C)c1CNCc1ccccc1. The van der Waals surface area contributed by atoms with E-state index in [1.165, 1.54) is 16.8 Å². The molecule has 2 aromatic rings. The van der Waals surface area contributed by atoms with Gasteiger partial charge in [-0.1, -0.05) is 30.3 Å². The molecule has 1 aromatic heterocycles. The summed E-state index contributed by atoms with van der Waals surface area (Å²) in [4.78, 5) is 0. The quantitative estimate of drug-likeness (QED) is 0.845. The number of hydrogen-bond acceptors (Lipinski definition) is 2. The average Bonchev–Trinajstić information content (AvgIpc) is 2.62. The zero-order chi connectivity index (χ0) is 11.4. The Hall–Kier alpha value is -1.61. The van der Waals surface area contributed by atoms with Gasteiger partial charge < -0.3 is 5.32 Å². The molecule has 2 rings (SSSR count). The minimum absolute atomic E-state index is 0.858. The van der Waals surface area contributed by atoms with Crippen LogP contribution in [0.3, 0.4) is 0 Å². The van der Waals surface area contributed by atoms with E-state index < -0.39 is 0 Å². The van der Waals surface area contributed by atoms with Crippen molar-refractivity contribution in [2.24, 2.45) is 7.05 Å². The highest BCUT2D eigenvalue weighted by Gasteiger charge is 2.03. The van der Waals surface area contributed by atoms with Crippen LogP contribution in [0.4, 0.5) is 0 Å². The number of rotatable bonds is 4. The van der Waals surface area contributed by atoms with Gasteiger partial charge in [0.2, 0.25) is 0 Å². The Morgan fingerprint density at radius 1 is 1.19 bits per heavy atom. The van der Waals surface area contributed by atoms with Crippen molar-refractivity contribution in [1.29, 1.82) is 0 Å². The summed E-state index contributed by atoms with van der Waals surface area (Å²) in [6, 6.07) is 10.4. The third-order valence-corrected chi connectivity index (χ3v) is 2.73. The van der Waals surface area contributed by atoms with E-state index in [2.05, 4.69) is 41.6 Å². The summed E-state index contributed by atoms with van der Waals surface area (Å²) in [5, 5.41) is 7.64. The van der Waals surface area contributed by atoms with Crippen molar-refractivity contribution >= 4 is 0 Å². The molecule has 1 N–H and O–H groups in total. The Morgan fingerprint density at radius 3 is 2.56 bits per heavy atom. The van der Waals surface area contributed by atoms with Crippen LogP contribution in [0.1, 0.15) is 16.8 Å². The fraction of sp³-hybridized carbons (Fsp3) is 0.308. The minimum Gasteiger partial charge on any atom is -0.307 e. The Morgan fingerprint density at radius 2 is 1.94 bits per heavy atom. The highest BCUT2D eigenvalue weighted by molar-refractivity contribution is 5.16. The molecule has 84 valence electrons. The number of nitrogens with one attached hydrogen (secondary N) is 1. The Bertz CT molecular complexity index is 426. The molecule has 16 heavy (non-hydrogen) atoms. The lowest BCUT2D eigenvalue weighted by Gasteiger charge is -2.06. The van der Waals surface area contributed by atoms with Crippen molar-refractivity contribution in [2.45, 2.75) is 20.0 Å². The predicted molar refractivity (Wildman–Crippen MR) is 64.9 cm³/mol. The van der Waals surface area contributed by atoms with E-state index in [0.29, 0.717) is 0 Å². The number of aromatic nitrogens is 2. The van der Waals surface area contributed by atoms with E-state index in [9.17, 15) is 0 Å². The molecule has 0 unspecified atom stereocenters. The van der Waals surface area contributed by atoms with Crippen LogP contribution in [0.15, 0.2) is 36.5 Å². The molecular weight excluding hydrogens is 198 g/mol. The van der Waals surface area contributed by atoms with Crippen molar-refractivity contribution in [1.82, 2.24) is 15.1 Å². The van der Waals surface area contributed by atoms with Gasteiger partial charge in [-0.25, -0.2) is 0 Å². The lowest BCUT2D eigenvalue weighted by molar-refractivity contribution is 0.624. The zero-order valence-electron chi connectivity index (χ0n) is 9.77. The standard InChI is InChI=1S/C13H17N3/c1-11-8-15-16(2)13(11)10-14-9-12-6-4-3-5-7-12/h3-8,14H,9-10H2,1-2H3. The third kappa shape index (κ3) is 2.49. The maximum atomic E-state index is 4.22. The number of benzene rings is 1. The summed E-state index contributed by atoms with van der Waals surface area (Å²) in [6.45, 7) is 3.84. The minimum atomic E-state index is 0.858. The second-order valence-corrected chi connectivity index (χ2v) is 3.99. The van der Waals surface area contributed by atoms with Gasteiger partial charge in [0, 0.05) is 20.1 Å². The molecule has 0 amide bonds. The van der Waals surface area contributed by atoms with Crippen LogP contribution < -0.4 is 5.32 Å². The predicted octanol–water partition coefficient (Wildman–Crippen LogP) is 2.02. The van der Waals surface area contributed by atoms with E-state index in [1.54, 1.807) is 0 Å². The van der Waals surface area contributed by atoms with Crippen molar-refractivity contribution in [2.75, 3.05) is 0 Å². The van der Waals surface area contributed by atoms with Crippen molar-refractivity contribution in [3.63, 3.8) is 0 Å².